The third kappa shape index (κ3) is 4.17. The monoisotopic (exact) mass is 403 g/mol. The van der Waals surface area contributed by atoms with E-state index >= 15 is 0 Å². The molecule has 1 amide bonds. The highest BCUT2D eigenvalue weighted by atomic mass is 16.4. The van der Waals surface area contributed by atoms with E-state index in [0.29, 0.717) is 22.9 Å². The molecule has 3 aromatic rings. The predicted octanol–water partition coefficient (Wildman–Crippen LogP) is 1.17. The van der Waals surface area contributed by atoms with E-state index in [2.05, 4.69) is 15.0 Å². The second-order valence-corrected chi connectivity index (χ2v) is 7.44. The molecule has 1 fully saturated rings. The molecule has 30 heavy (non-hydrogen) atoms. The molecule has 0 atom stereocenters. The number of aryl methyl sites for hydroxylation is 1. The van der Waals surface area contributed by atoms with Gasteiger partial charge in [-0.05, 0) is 43.5 Å². The summed E-state index contributed by atoms with van der Waals surface area (Å²) in [6.45, 7) is 2.06. The highest BCUT2D eigenvalue weighted by molar-refractivity contribution is 6.60. The highest BCUT2D eigenvalue weighted by Crippen LogP contribution is 2.37. The molecule has 0 radical (unpaired) electrons. The van der Waals surface area contributed by atoms with Crippen LogP contribution in [0.3, 0.4) is 0 Å². The minimum Gasteiger partial charge on any atom is -0.423 e. The van der Waals surface area contributed by atoms with Crippen LogP contribution < -0.4 is 16.1 Å². The number of nitrogens with two attached hydrogens (primary N) is 1. The lowest BCUT2D eigenvalue weighted by molar-refractivity contribution is 0.0984. The summed E-state index contributed by atoms with van der Waals surface area (Å²) in [7, 11) is -1.65. The number of nitrogen functional groups attached to an aromatic ring is 1. The molecule has 4 rings (SSSR count). The van der Waals surface area contributed by atoms with E-state index < -0.39 is 7.12 Å². The first-order valence-electron chi connectivity index (χ1n) is 9.74. The highest BCUT2D eigenvalue weighted by Gasteiger charge is 2.27. The van der Waals surface area contributed by atoms with Gasteiger partial charge in [-0.3, -0.25) is 9.78 Å². The maximum Gasteiger partial charge on any atom is 0.490 e. The average molecular weight is 403 g/mol. The average Bonchev–Trinajstić information content (AvgIpc) is 3.57. The Morgan fingerprint density at radius 3 is 2.53 bits per heavy atom. The van der Waals surface area contributed by atoms with E-state index in [1.54, 1.807) is 47.8 Å². The van der Waals surface area contributed by atoms with Crippen LogP contribution >= 0.6 is 0 Å². The normalized spacial score (nSPS) is 13.2. The Hall–Kier alpha value is -3.30. The lowest BCUT2D eigenvalue weighted by Gasteiger charge is -2.24. The molecule has 0 bridgehead atoms. The van der Waals surface area contributed by atoms with Crippen molar-refractivity contribution in [3.05, 3.63) is 71.6 Å². The summed E-state index contributed by atoms with van der Waals surface area (Å²) in [5.74, 6) is 0.939. The fourth-order valence-electron chi connectivity index (χ4n) is 3.32. The van der Waals surface area contributed by atoms with Crippen molar-refractivity contribution < 1.29 is 14.8 Å². The van der Waals surface area contributed by atoms with Gasteiger partial charge in [0.05, 0.1) is 23.5 Å². The zero-order valence-electron chi connectivity index (χ0n) is 16.6. The third-order valence-electron chi connectivity index (χ3n) is 5.15. The fraction of sp³-hybridized carbons (Fsp3) is 0.238. The van der Waals surface area contributed by atoms with Crippen molar-refractivity contribution in [2.75, 3.05) is 10.6 Å². The largest absolute Gasteiger partial charge is 0.490 e. The SMILES string of the molecule is Cc1ncccc1N(Cc1ccc(B(O)O)c(N)c1)C(=O)c1cnc(C2CC2)nc1. The molecule has 4 N–H and O–H groups in total. The van der Waals surface area contributed by atoms with Crippen LogP contribution in [-0.4, -0.2) is 38.0 Å². The standard InChI is InChI=1S/C21H22BN5O3/c1-13-19(3-2-8-24-13)27(12-14-4-7-17(22(29)30)18(23)9-14)21(28)16-10-25-20(26-11-16)15-5-6-15/h2-4,7-11,15,29-30H,5-6,12,23H2,1H3. The first kappa shape index (κ1) is 20.0. The summed E-state index contributed by atoms with van der Waals surface area (Å²) in [5.41, 5.74) is 8.91. The molecule has 8 nitrogen and oxygen atoms in total. The van der Waals surface area contributed by atoms with Crippen LogP contribution in [0.5, 0.6) is 0 Å². The number of hydrogen-bond donors (Lipinski definition) is 3. The van der Waals surface area contributed by atoms with Crippen LogP contribution in [0.15, 0.2) is 48.9 Å². The van der Waals surface area contributed by atoms with E-state index in [-0.39, 0.29) is 23.6 Å². The van der Waals surface area contributed by atoms with Crippen molar-refractivity contribution in [3.63, 3.8) is 0 Å². The lowest BCUT2D eigenvalue weighted by Crippen LogP contribution is -2.34. The van der Waals surface area contributed by atoms with Gasteiger partial charge in [0.2, 0.25) is 0 Å². The summed E-state index contributed by atoms with van der Waals surface area (Å²) < 4.78 is 0. The zero-order chi connectivity index (χ0) is 21.3. The van der Waals surface area contributed by atoms with Crippen molar-refractivity contribution in [2.45, 2.75) is 32.2 Å². The number of carbonyl (C=O) groups is 1. The second-order valence-electron chi connectivity index (χ2n) is 7.44. The minimum absolute atomic E-state index is 0.221. The van der Waals surface area contributed by atoms with Gasteiger partial charge in [-0.15, -0.1) is 0 Å². The van der Waals surface area contributed by atoms with E-state index in [1.807, 2.05) is 13.0 Å². The Balaban J connectivity index is 1.67. The van der Waals surface area contributed by atoms with Gasteiger partial charge >= 0.3 is 7.12 Å². The molecule has 2 aromatic heterocycles. The molecule has 9 heteroatoms. The summed E-state index contributed by atoms with van der Waals surface area (Å²) in [4.78, 5) is 28.0. The maximum absolute atomic E-state index is 13.4. The van der Waals surface area contributed by atoms with Gasteiger partial charge in [-0.2, -0.15) is 0 Å². The Morgan fingerprint density at radius 1 is 1.20 bits per heavy atom. The summed E-state index contributed by atoms with van der Waals surface area (Å²) in [5, 5.41) is 18.8. The molecule has 0 aliphatic heterocycles. The van der Waals surface area contributed by atoms with Gasteiger partial charge < -0.3 is 20.7 Å². The Kier molecular flexibility index (Phi) is 5.47. The van der Waals surface area contributed by atoms with E-state index in [9.17, 15) is 14.8 Å². The van der Waals surface area contributed by atoms with Gasteiger partial charge in [-0.1, -0.05) is 12.1 Å². The first-order valence-corrected chi connectivity index (χ1v) is 9.74. The minimum atomic E-state index is -1.65. The van der Waals surface area contributed by atoms with Crippen molar-refractivity contribution >= 4 is 29.9 Å². The number of nitrogens with zero attached hydrogens (tertiary/aromatic N) is 4. The summed E-state index contributed by atoms with van der Waals surface area (Å²) in [6, 6.07) is 8.49. The summed E-state index contributed by atoms with van der Waals surface area (Å²) >= 11 is 0. The van der Waals surface area contributed by atoms with E-state index in [4.69, 9.17) is 5.73 Å². The number of anilines is 2. The van der Waals surface area contributed by atoms with Gasteiger partial charge in [-0.25, -0.2) is 9.97 Å². The van der Waals surface area contributed by atoms with Gasteiger partial charge in [0.25, 0.3) is 5.91 Å². The van der Waals surface area contributed by atoms with Crippen LogP contribution in [0.25, 0.3) is 0 Å². The Bertz CT molecular complexity index is 1070. The number of aromatic nitrogens is 3. The zero-order valence-corrected chi connectivity index (χ0v) is 16.6. The van der Waals surface area contributed by atoms with E-state index in [1.165, 1.54) is 0 Å². The maximum atomic E-state index is 13.4. The smallest absolute Gasteiger partial charge is 0.423 e. The quantitative estimate of drug-likeness (QED) is 0.417. The van der Waals surface area contributed by atoms with Crippen molar-refractivity contribution in [3.8, 4) is 0 Å². The molecule has 1 aliphatic rings. The third-order valence-corrected chi connectivity index (χ3v) is 5.15. The molecule has 152 valence electrons. The van der Waals surface area contributed by atoms with Crippen molar-refractivity contribution in [1.29, 1.82) is 0 Å². The second kappa shape index (κ2) is 8.21. The number of hydrogen-bond acceptors (Lipinski definition) is 7. The van der Waals surface area contributed by atoms with Gasteiger partial charge in [0.1, 0.15) is 5.82 Å². The fourth-order valence-corrected chi connectivity index (χ4v) is 3.32. The number of amides is 1. The lowest BCUT2D eigenvalue weighted by atomic mass is 9.78. The number of rotatable bonds is 6. The van der Waals surface area contributed by atoms with Crippen LogP contribution in [0, 0.1) is 6.92 Å². The summed E-state index contributed by atoms with van der Waals surface area (Å²) in [6.07, 6.45) is 7.00. The Labute approximate surface area is 174 Å². The predicted molar refractivity (Wildman–Crippen MR) is 114 cm³/mol. The molecule has 2 heterocycles. The van der Waals surface area contributed by atoms with Crippen LogP contribution in [0.1, 0.15) is 46.2 Å². The van der Waals surface area contributed by atoms with E-state index in [0.717, 1.165) is 24.2 Å². The molecular weight excluding hydrogens is 381 g/mol. The molecular formula is C21H22BN5O3. The first-order chi connectivity index (χ1) is 14.4. The molecule has 0 spiro atoms. The Morgan fingerprint density at radius 2 is 1.93 bits per heavy atom. The number of pyridine rings is 1. The topological polar surface area (TPSA) is 125 Å². The van der Waals surface area contributed by atoms with Crippen LogP contribution in [0.2, 0.25) is 0 Å². The van der Waals surface area contributed by atoms with Crippen molar-refractivity contribution in [2.24, 2.45) is 0 Å². The van der Waals surface area contributed by atoms with Gasteiger partial charge in [0.15, 0.2) is 0 Å². The van der Waals surface area contributed by atoms with Crippen molar-refractivity contribution in [1.82, 2.24) is 15.0 Å². The molecule has 1 aliphatic carbocycles. The number of carbonyl (C=O) groups excluding carboxylic acids is 1. The molecule has 1 aromatic carbocycles. The van der Waals surface area contributed by atoms with Crippen LogP contribution in [0.4, 0.5) is 11.4 Å². The number of benzene rings is 1. The molecule has 0 saturated heterocycles. The molecule has 1 saturated carbocycles. The van der Waals surface area contributed by atoms with Crippen LogP contribution in [-0.2, 0) is 6.54 Å². The molecule has 0 unspecified atom stereocenters. The van der Waals surface area contributed by atoms with Gasteiger partial charge in [0, 0.05) is 35.7 Å².